The summed E-state index contributed by atoms with van der Waals surface area (Å²) in [5.41, 5.74) is 0. The van der Waals surface area contributed by atoms with Gasteiger partial charge < -0.3 is 19.5 Å². The van der Waals surface area contributed by atoms with E-state index in [1.54, 1.807) is 0 Å². The van der Waals surface area contributed by atoms with E-state index in [1.165, 1.54) is 0 Å². The molecule has 1 aliphatic heterocycles. The zero-order valence-corrected chi connectivity index (χ0v) is 9.15. The molecule has 1 atom stereocenters. The summed E-state index contributed by atoms with van der Waals surface area (Å²) >= 11 is 0. The van der Waals surface area contributed by atoms with Crippen molar-refractivity contribution in [2.24, 2.45) is 0 Å². The number of carbonyl (C=O) groups is 1. The molecule has 15 heavy (non-hydrogen) atoms. The van der Waals surface area contributed by atoms with Crippen molar-refractivity contribution in [1.29, 1.82) is 0 Å². The van der Waals surface area contributed by atoms with Crippen molar-refractivity contribution in [3.63, 3.8) is 0 Å². The number of carboxylic acids is 1. The van der Waals surface area contributed by atoms with Crippen LogP contribution in [-0.4, -0.2) is 62.0 Å². The largest absolute Gasteiger partial charge is 0.481 e. The van der Waals surface area contributed by atoms with Gasteiger partial charge >= 0.3 is 5.97 Å². The van der Waals surface area contributed by atoms with Crippen molar-refractivity contribution < 1.29 is 19.4 Å². The molecule has 0 radical (unpaired) electrons. The Morgan fingerprint density at radius 1 is 1.67 bits per heavy atom. The van der Waals surface area contributed by atoms with Crippen LogP contribution in [0.4, 0.5) is 0 Å². The van der Waals surface area contributed by atoms with Crippen LogP contribution in [-0.2, 0) is 14.3 Å². The highest BCUT2D eigenvalue weighted by molar-refractivity contribution is 5.66. The van der Waals surface area contributed by atoms with Crippen LogP contribution in [0.15, 0.2) is 0 Å². The average molecular weight is 217 g/mol. The third-order valence-electron chi connectivity index (χ3n) is 2.32. The monoisotopic (exact) mass is 217 g/mol. The number of ether oxygens (including phenoxy) is 2. The molecule has 0 saturated carbocycles. The molecule has 0 spiro atoms. The van der Waals surface area contributed by atoms with Crippen LogP contribution in [0.3, 0.4) is 0 Å². The lowest BCUT2D eigenvalue weighted by Gasteiger charge is -2.19. The van der Waals surface area contributed by atoms with Gasteiger partial charge in [0.15, 0.2) is 0 Å². The van der Waals surface area contributed by atoms with Gasteiger partial charge in [0.25, 0.3) is 0 Å². The molecule has 1 saturated heterocycles. The van der Waals surface area contributed by atoms with Crippen molar-refractivity contribution in [3.05, 3.63) is 0 Å². The lowest BCUT2D eigenvalue weighted by atomic mass is 10.3. The molecule has 0 aromatic heterocycles. The summed E-state index contributed by atoms with van der Waals surface area (Å²) < 4.78 is 10.8. The number of nitrogens with zero attached hydrogens (tertiary/aromatic N) is 1. The van der Waals surface area contributed by atoms with Gasteiger partial charge in [-0.15, -0.1) is 0 Å². The fourth-order valence-electron chi connectivity index (χ4n) is 1.55. The van der Waals surface area contributed by atoms with Gasteiger partial charge in [0.1, 0.15) is 0 Å². The van der Waals surface area contributed by atoms with Crippen molar-refractivity contribution in [2.75, 3.05) is 40.0 Å². The highest BCUT2D eigenvalue weighted by Gasteiger charge is 2.16. The van der Waals surface area contributed by atoms with Gasteiger partial charge in [0.05, 0.1) is 25.7 Å². The normalized spacial score (nSPS) is 23.7. The van der Waals surface area contributed by atoms with E-state index in [1.807, 2.05) is 0 Å². The number of aliphatic carboxylic acids is 1. The molecule has 0 aromatic carbocycles. The maximum Gasteiger partial charge on any atom is 0.305 e. The lowest BCUT2D eigenvalue weighted by Crippen LogP contribution is -2.32. The second-order valence-corrected chi connectivity index (χ2v) is 3.83. The maximum absolute atomic E-state index is 10.2. The summed E-state index contributed by atoms with van der Waals surface area (Å²) in [6.45, 7) is 3.41. The van der Waals surface area contributed by atoms with Crippen LogP contribution < -0.4 is 0 Å². The van der Waals surface area contributed by atoms with Crippen molar-refractivity contribution in [3.8, 4) is 0 Å². The first-order valence-electron chi connectivity index (χ1n) is 5.28. The molecule has 0 amide bonds. The smallest absolute Gasteiger partial charge is 0.305 e. The van der Waals surface area contributed by atoms with E-state index < -0.39 is 5.97 Å². The molecular formula is C10H19NO4. The van der Waals surface area contributed by atoms with E-state index in [-0.39, 0.29) is 19.1 Å². The van der Waals surface area contributed by atoms with Gasteiger partial charge in [-0.3, -0.25) is 4.79 Å². The van der Waals surface area contributed by atoms with Gasteiger partial charge in [0, 0.05) is 19.7 Å². The van der Waals surface area contributed by atoms with Gasteiger partial charge in [0.2, 0.25) is 0 Å². The topological polar surface area (TPSA) is 59.0 Å². The summed E-state index contributed by atoms with van der Waals surface area (Å²) in [6.07, 6.45) is 1.18. The van der Waals surface area contributed by atoms with Gasteiger partial charge in [-0.05, 0) is 13.5 Å². The Bertz CT molecular complexity index is 198. The van der Waals surface area contributed by atoms with Crippen molar-refractivity contribution in [2.45, 2.75) is 18.9 Å². The Morgan fingerprint density at radius 2 is 2.47 bits per heavy atom. The maximum atomic E-state index is 10.2. The number of hydrogen-bond acceptors (Lipinski definition) is 4. The molecule has 1 heterocycles. The Kier molecular flexibility index (Phi) is 5.60. The number of rotatable bonds is 5. The predicted molar refractivity (Wildman–Crippen MR) is 54.9 cm³/mol. The molecule has 1 rings (SSSR count). The minimum atomic E-state index is -0.825. The molecule has 5 nitrogen and oxygen atoms in total. The minimum Gasteiger partial charge on any atom is -0.481 e. The van der Waals surface area contributed by atoms with E-state index >= 15 is 0 Å². The molecule has 1 unspecified atom stereocenters. The standard InChI is InChI=1S/C10H19NO4/c1-11-4-2-5-15-9(7-11)8-14-6-3-10(12)13/h9H,2-8H2,1H3,(H,12,13). The average Bonchev–Trinajstić information content (AvgIpc) is 2.37. The van der Waals surface area contributed by atoms with E-state index in [9.17, 15) is 4.79 Å². The quantitative estimate of drug-likeness (QED) is 0.667. The molecule has 5 heteroatoms. The zero-order chi connectivity index (χ0) is 11.1. The van der Waals surface area contributed by atoms with Gasteiger partial charge in [-0.2, -0.15) is 0 Å². The summed E-state index contributed by atoms with van der Waals surface area (Å²) in [6, 6.07) is 0. The molecular weight excluding hydrogens is 198 g/mol. The predicted octanol–water partition coefficient (Wildman–Crippen LogP) is 0.198. The summed E-state index contributed by atoms with van der Waals surface area (Å²) in [5, 5.41) is 8.42. The van der Waals surface area contributed by atoms with Crippen LogP contribution in [0.5, 0.6) is 0 Å². The van der Waals surface area contributed by atoms with Gasteiger partial charge in [-0.25, -0.2) is 0 Å². The number of hydrogen-bond donors (Lipinski definition) is 1. The molecule has 0 bridgehead atoms. The fourth-order valence-corrected chi connectivity index (χ4v) is 1.55. The lowest BCUT2D eigenvalue weighted by molar-refractivity contribution is -0.138. The van der Waals surface area contributed by atoms with Crippen LogP contribution in [0.1, 0.15) is 12.8 Å². The first kappa shape index (κ1) is 12.4. The van der Waals surface area contributed by atoms with E-state index in [2.05, 4.69) is 11.9 Å². The SMILES string of the molecule is CN1CCCOC(COCCC(=O)O)C1. The van der Waals surface area contributed by atoms with Crippen LogP contribution >= 0.6 is 0 Å². The van der Waals surface area contributed by atoms with E-state index in [0.29, 0.717) is 6.61 Å². The third kappa shape index (κ3) is 5.71. The Balaban J connectivity index is 2.11. The zero-order valence-electron chi connectivity index (χ0n) is 9.15. The molecule has 1 fully saturated rings. The minimum absolute atomic E-state index is 0.0581. The highest BCUT2D eigenvalue weighted by atomic mass is 16.5. The van der Waals surface area contributed by atoms with E-state index in [4.69, 9.17) is 14.6 Å². The van der Waals surface area contributed by atoms with Crippen LogP contribution in [0.2, 0.25) is 0 Å². The second-order valence-electron chi connectivity index (χ2n) is 3.83. The van der Waals surface area contributed by atoms with Crippen LogP contribution in [0, 0.1) is 0 Å². The highest BCUT2D eigenvalue weighted by Crippen LogP contribution is 2.04. The molecule has 88 valence electrons. The van der Waals surface area contributed by atoms with Crippen molar-refractivity contribution >= 4 is 5.97 Å². The van der Waals surface area contributed by atoms with Gasteiger partial charge in [-0.1, -0.05) is 0 Å². The number of likely N-dealkylation sites (N-methyl/N-ethyl adjacent to an activating group) is 1. The fraction of sp³-hybridized carbons (Fsp3) is 0.900. The Labute approximate surface area is 90.0 Å². The molecule has 0 aliphatic carbocycles. The first-order valence-corrected chi connectivity index (χ1v) is 5.28. The summed E-state index contributed by atoms with van der Waals surface area (Å²) in [4.78, 5) is 12.4. The number of carboxylic acid groups (broad SMARTS) is 1. The third-order valence-corrected chi connectivity index (χ3v) is 2.32. The van der Waals surface area contributed by atoms with Crippen LogP contribution in [0.25, 0.3) is 0 Å². The first-order chi connectivity index (χ1) is 7.18. The van der Waals surface area contributed by atoms with E-state index in [0.717, 1.165) is 26.1 Å². The Morgan fingerprint density at radius 3 is 3.20 bits per heavy atom. The molecule has 0 aromatic rings. The molecule has 1 N–H and O–H groups in total. The summed E-state index contributed by atoms with van der Waals surface area (Å²) in [5.74, 6) is -0.825. The summed E-state index contributed by atoms with van der Waals surface area (Å²) in [7, 11) is 2.05. The Hall–Kier alpha value is -0.650. The molecule has 1 aliphatic rings. The second kappa shape index (κ2) is 6.76. The van der Waals surface area contributed by atoms with Crippen molar-refractivity contribution in [1.82, 2.24) is 4.90 Å².